The lowest BCUT2D eigenvalue weighted by Gasteiger charge is -2.37. The highest BCUT2D eigenvalue weighted by Crippen LogP contribution is 2.34. The van der Waals surface area contributed by atoms with E-state index in [0.717, 1.165) is 25.3 Å². The molecule has 2 heterocycles. The number of sulfonamides is 1. The van der Waals surface area contributed by atoms with Gasteiger partial charge in [0.15, 0.2) is 4.67 Å². The first-order valence-electron chi connectivity index (χ1n) is 6.31. The van der Waals surface area contributed by atoms with E-state index in [1.165, 1.54) is 4.31 Å². The highest BCUT2D eigenvalue weighted by molar-refractivity contribution is 9.10. The van der Waals surface area contributed by atoms with Crippen LogP contribution in [0.3, 0.4) is 0 Å². The van der Waals surface area contributed by atoms with Gasteiger partial charge in [0, 0.05) is 18.2 Å². The monoisotopic (exact) mass is 365 g/mol. The molecule has 1 N–H and O–H groups in total. The standard InChI is InChI=1S/C12H16BrNO5S/c1-7-4-3-5-8(2)14(7)20(17,18)10-6-9(12(15)16)19-11(10)13/h6-8H,3-5H2,1-2H3,(H,15,16). The topological polar surface area (TPSA) is 87.8 Å². The summed E-state index contributed by atoms with van der Waals surface area (Å²) in [5.74, 6) is -1.69. The second kappa shape index (κ2) is 5.50. The van der Waals surface area contributed by atoms with Crippen LogP contribution in [0, 0.1) is 0 Å². The molecule has 112 valence electrons. The molecule has 2 atom stereocenters. The molecule has 1 aromatic heterocycles. The molecule has 20 heavy (non-hydrogen) atoms. The maximum absolute atomic E-state index is 12.7. The summed E-state index contributed by atoms with van der Waals surface area (Å²) in [7, 11) is -3.77. The van der Waals surface area contributed by atoms with Crippen LogP contribution in [0.2, 0.25) is 0 Å². The first-order chi connectivity index (χ1) is 9.25. The van der Waals surface area contributed by atoms with Crippen LogP contribution in [-0.4, -0.2) is 35.9 Å². The Morgan fingerprint density at radius 3 is 2.40 bits per heavy atom. The zero-order chi connectivity index (χ0) is 15.1. The van der Waals surface area contributed by atoms with Crippen molar-refractivity contribution in [2.24, 2.45) is 0 Å². The van der Waals surface area contributed by atoms with Gasteiger partial charge in [0.25, 0.3) is 0 Å². The van der Waals surface area contributed by atoms with Crippen molar-refractivity contribution in [1.29, 1.82) is 0 Å². The van der Waals surface area contributed by atoms with Gasteiger partial charge in [-0.25, -0.2) is 13.2 Å². The van der Waals surface area contributed by atoms with E-state index in [9.17, 15) is 13.2 Å². The van der Waals surface area contributed by atoms with Gasteiger partial charge < -0.3 is 9.52 Å². The lowest BCUT2D eigenvalue weighted by molar-refractivity contribution is 0.0661. The van der Waals surface area contributed by atoms with Crippen LogP contribution in [0.15, 0.2) is 20.0 Å². The van der Waals surface area contributed by atoms with Crippen molar-refractivity contribution in [3.05, 3.63) is 16.5 Å². The summed E-state index contributed by atoms with van der Waals surface area (Å²) < 4.78 is 31.7. The Hall–Kier alpha value is -0.860. The summed E-state index contributed by atoms with van der Waals surface area (Å²) in [5, 5.41) is 8.88. The molecule has 1 aliphatic heterocycles. The second-order valence-electron chi connectivity index (χ2n) is 5.02. The van der Waals surface area contributed by atoms with Crippen molar-refractivity contribution in [2.75, 3.05) is 0 Å². The Balaban J connectivity index is 2.46. The number of rotatable bonds is 3. The van der Waals surface area contributed by atoms with Crippen LogP contribution < -0.4 is 0 Å². The number of halogens is 1. The third-order valence-corrected chi connectivity index (χ3v) is 6.52. The molecule has 0 bridgehead atoms. The summed E-state index contributed by atoms with van der Waals surface area (Å²) in [4.78, 5) is 10.7. The van der Waals surface area contributed by atoms with Gasteiger partial charge in [-0.05, 0) is 42.6 Å². The van der Waals surface area contributed by atoms with E-state index in [-0.39, 0.29) is 21.6 Å². The number of hydrogen-bond donors (Lipinski definition) is 1. The molecule has 0 radical (unpaired) electrons. The normalized spacial score (nSPS) is 24.8. The Morgan fingerprint density at radius 1 is 1.40 bits per heavy atom. The van der Waals surface area contributed by atoms with Crippen molar-refractivity contribution in [3.8, 4) is 0 Å². The highest BCUT2D eigenvalue weighted by atomic mass is 79.9. The van der Waals surface area contributed by atoms with Crippen LogP contribution >= 0.6 is 15.9 Å². The second-order valence-corrected chi connectivity index (χ2v) is 7.55. The fourth-order valence-corrected chi connectivity index (χ4v) is 5.41. The Bertz CT molecular complexity index is 614. The van der Waals surface area contributed by atoms with Gasteiger partial charge in [-0.3, -0.25) is 0 Å². The molecule has 0 amide bonds. The minimum atomic E-state index is -3.77. The molecule has 6 nitrogen and oxygen atoms in total. The molecule has 2 unspecified atom stereocenters. The summed E-state index contributed by atoms with van der Waals surface area (Å²) in [6.45, 7) is 3.72. The minimum Gasteiger partial charge on any atom is -0.475 e. The molecule has 1 aliphatic rings. The van der Waals surface area contributed by atoms with E-state index < -0.39 is 21.8 Å². The highest BCUT2D eigenvalue weighted by Gasteiger charge is 2.38. The van der Waals surface area contributed by atoms with Crippen LogP contribution in [-0.2, 0) is 10.0 Å². The molecule has 1 fully saturated rings. The predicted molar refractivity (Wildman–Crippen MR) is 75.2 cm³/mol. The number of hydrogen-bond acceptors (Lipinski definition) is 4. The molecule has 0 saturated carbocycles. The average Bonchev–Trinajstić information content (AvgIpc) is 2.71. The van der Waals surface area contributed by atoms with E-state index in [0.29, 0.717) is 0 Å². The molecule has 1 aromatic rings. The Morgan fingerprint density at radius 2 is 1.95 bits per heavy atom. The van der Waals surface area contributed by atoms with Gasteiger partial charge in [-0.2, -0.15) is 4.31 Å². The molecule has 0 spiro atoms. The van der Waals surface area contributed by atoms with E-state index >= 15 is 0 Å². The van der Waals surface area contributed by atoms with Crippen molar-refractivity contribution in [1.82, 2.24) is 4.31 Å². The maximum Gasteiger partial charge on any atom is 0.371 e. The van der Waals surface area contributed by atoms with Crippen molar-refractivity contribution >= 4 is 31.9 Å². The largest absolute Gasteiger partial charge is 0.475 e. The smallest absolute Gasteiger partial charge is 0.371 e. The molecule has 0 aliphatic carbocycles. The number of nitrogens with zero attached hydrogens (tertiary/aromatic N) is 1. The van der Waals surface area contributed by atoms with Gasteiger partial charge in [-0.15, -0.1) is 0 Å². The summed E-state index contributed by atoms with van der Waals surface area (Å²) in [6, 6.07) is 0.827. The summed E-state index contributed by atoms with van der Waals surface area (Å²) >= 11 is 2.99. The first kappa shape index (κ1) is 15.5. The molecule has 1 saturated heterocycles. The van der Waals surface area contributed by atoms with Crippen LogP contribution in [0.4, 0.5) is 0 Å². The fourth-order valence-electron chi connectivity index (χ4n) is 2.62. The number of carboxylic acid groups (broad SMARTS) is 1. The molecular formula is C12H16BrNO5S. The molecule has 8 heteroatoms. The molecular weight excluding hydrogens is 350 g/mol. The SMILES string of the molecule is CC1CCCC(C)N1S(=O)(=O)c1cc(C(=O)O)oc1Br. The fraction of sp³-hybridized carbons (Fsp3) is 0.583. The molecule has 0 aromatic carbocycles. The lowest BCUT2D eigenvalue weighted by Crippen LogP contribution is -2.47. The van der Waals surface area contributed by atoms with Crippen molar-refractivity contribution in [2.45, 2.75) is 50.1 Å². The molecule has 2 rings (SSSR count). The van der Waals surface area contributed by atoms with Crippen LogP contribution in [0.25, 0.3) is 0 Å². The van der Waals surface area contributed by atoms with E-state index in [2.05, 4.69) is 15.9 Å². The minimum absolute atomic E-state index is 0.0696. The zero-order valence-corrected chi connectivity index (χ0v) is 13.6. The quantitative estimate of drug-likeness (QED) is 0.889. The van der Waals surface area contributed by atoms with Crippen LogP contribution in [0.5, 0.6) is 0 Å². The van der Waals surface area contributed by atoms with E-state index in [1.54, 1.807) is 0 Å². The van der Waals surface area contributed by atoms with Gasteiger partial charge in [0.05, 0.1) is 0 Å². The van der Waals surface area contributed by atoms with Gasteiger partial charge in [-0.1, -0.05) is 6.42 Å². The zero-order valence-electron chi connectivity index (χ0n) is 11.2. The Labute approximate surface area is 125 Å². The lowest BCUT2D eigenvalue weighted by atomic mass is 10.0. The summed E-state index contributed by atoms with van der Waals surface area (Å²) in [6.07, 6.45) is 2.58. The van der Waals surface area contributed by atoms with Gasteiger partial charge in [0.2, 0.25) is 15.8 Å². The number of aromatic carboxylic acids is 1. The van der Waals surface area contributed by atoms with Gasteiger partial charge in [0.1, 0.15) is 4.90 Å². The van der Waals surface area contributed by atoms with E-state index in [4.69, 9.17) is 9.52 Å². The van der Waals surface area contributed by atoms with E-state index in [1.807, 2.05) is 13.8 Å². The summed E-state index contributed by atoms with van der Waals surface area (Å²) in [5.41, 5.74) is 0. The maximum atomic E-state index is 12.7. The average molecular weight is 366 g/mol. The third-order valence-electron chi connectivity index (χ3n) is 3.53. The number of furan rings is 1. The van der Waals surface area contributed by atoms with Crippen molar-refractivity contribution < 1.29 is 22.7 Å². The van der Waals surface area contributed by atoms with Gasteiger partial charge >= 0.3 is 5.97 Å². The Kier molecular flexibility index (Phi) is 4.27. The predicted octanol–water partition coefficient (Wildman–Crippen LogP) is 2.69. The van der Waals surface area contributed by atoms with Crippen LogP contribution in [0.1, 0.15) is 43.7 Å². The third kappa shape index (κ3) is 2.64. The number of carboxylic acids is 1. The first-order valence-corrected chi connectivity index (χ1v) is 8.54. The van der Waals surface area contributed by atoms with Crippen molar-refractivity contribution in [3.63, 3.8) is 0 Å². The number of piperidine rings is 1. The number of carbonyl (C=O) groups is 1.